The normalized spacial score (nSPS) is 20.4. The summed E-state index contributed by atoms with van der Waals surface area (Å²) < 4.78 is 13.2. The van der Waals surface area contributed by atoms with Crippen molar-refractivity contribution < 1.29 is 24.5 Å². The fourth-order valence-electron chi connectivity index (χ4n) is 6.00. The molecule has 0 saturated carbocycles. The van der Waals surface area contributed by atoms with E-state index in [-0.39, 0.29) is 11.7 Å². The van der Waals surface area contributed by atoms with E-state index in [4.69, 9.17) is 9.47 Å². The summed E-state index contributed by atoms with van der Waals surface area (Å²) in [6.45, 7) is 1.60. The number of methoxy groups -OCH3 is 1. The van der Waals surface area contributed by atoms with Gasteiger partial charge in [0.2, 0.25) is 0 Å². The van der Waals surface area contributed by atoms with Crippen LogP contribution in [0.15, 0.2) is 85.5 Å². The SMILES string of the molecule is COc1cc(C(=O)N[C@@H]2[C@H](O)[C@@H](CO)O[C@H]2n2cnc3c(N[C@H](C)c4cccc5ccccc45)ncnc32)nc2ccccc12. The molecule has 228 valence electrons. The highest BCUT2D eigenvalue weighted by Gasteiger charge is 2.46. The van der Waals surface area contributed by atoms with Gasteiger partial charge in [-0.15, -0.1) is 0 Å². The number of rotatable bonds is 8. The third kappa shape index (κ3) is 5.08. The highest BCUT2D eigenvalue weighted by Crippen LogP contribution is 2.34. The molecule has 0 spiro atoms. The molecule has 0 radical (unpaired) electrons. The summed E-state index contributed by atoms with van der Waals surface area (Å²) in [4.78, 5) is 31.5. The van der Waals surface area contributed by atoms with E-state index in [1.54, 1.807) is 16.7 Å². The van der Waals surface area contributed by atoms with E-state index in [2.05, 4.69) is 61.8 Å². The maximum Gasteiger partial charge on any atom is 0.270 e. The number of ether oxygens (including phenoxy) is 2. The van der Waals surface area contributed by atoms with Gasteiger partial charge in [-0.2, -0.15) is 0 Å². The number of hydrogen-bond donors (Lipinski definition) is 4. The first-order valence-corrected chi connectivity index (χ1v) is 14.6. The van der Waals surface area contributed by atoms with E-state index in [0.717, 1.165) is 21.7 Å². The van der Waals surface area contributed by atoms with Crippen molar-refractivity contribution in [3.8, 4) is 5.75 Å². The minimum atomic E-state index is -1.23. The quantitative estimate of drug-likeness (QED) is 0.201. The van der Waals surface area contributed by atoms with E-state index in [0.29, 0.717) is 28.2 Å². The summed E-state index contributed by atoms with van der Waals surface area (Å²) in [6, 6.07) is 22.2. The van der Waals surface area contributed by atoms with Gasteiger partial charge in [0.05, 0.1) is 31.6 Å². The molecule has 0 unspecified atom stereocenters. The standard InChI is InChI=1S/C33H31N7O5/c1-18(20-12-7-9-19-8-3-4-10-21(19)20)37-30-28-31(35-16-34-30)40(17-36-28)33-27(29(42)26(15-41)45-33)39-32(43)24-14-25(44-2)22-11-5-6-13-23(22)38-24/h3-14,16-18,26-27,29,33,41-42H,15H2,1-2H3,(H,39,43)(H,34,35,37)/t18-,26-,27-,29-,33-/m1/s1. The zero-order chi connectivity index (χ0) is 31.1. The number of benzene rings is 3. The number of aromatic nitrogens is 5. The van der Waals surface area contributed by atoms with Crippen LogP contribution in [0.3, 0.4) is 0 Å². The van der Waals surface area contributed by atoms with Crippen LogP contribution < -0.4 is 15.4 Å². The van der Waals surface area contributed by atoms with Gasteiger partial charge < -0.3 is 30.3 Å². The van der Waals surface area contributed by atoms with Crippen molar-refractivity contribution in [3.63, 3.8) is 0 Å². The molecule has 0 aliphatic carbocycles. The molecule has 6 aromatic rings. The van der Waals surface area contributed by atoms with Gasteiger partial charge in [0, 0.05) is 11.5 Å². The number of imidazole rings is 1. The number of hydrogen-bond acceptors (Lipinski definition) is 10. The molecule has 1 fully saturated rings. The average molecular weight is 606 g/mol. The van der Waals surface area contributed by atoms with Gasteiger partial charge in [-0.25, -0.2) is 19.9 Å². The zero-order valence-electron chi connectivity index (χ0n) is 24.5. The molecule has 1 aliphatic rings. The van der Waals surface area contributed by atoms with Crippen LogP contribution >= 0.6 is 0 Å². The lowest BCUT2D eigenvalue weighted by Crippen LogP contribution is -2.47. The molecule has 45 heavy (non-hydrogen) atoms. The van der Waals surface area contributed by atoms with E-state index in [1.807, 2.05) is 36.4 Å². The fourth-order valence-corrected chi connectivity index (χ4v) is 6.00. The van der Waals surface area contributed by atoms with Gasteiger partial charge in [-0.1, -0.05) is 54.6 Å². The Balaban J connectivity index is 1.19. The van der Waals surface area contributed by atoms with Crippen LogP contribution in [-0.4, -0.2) is 72.6 Å². The number of carbonyl (C=O) groups is 1. The molecule has 5 atom stereocenters. The first-order chi connectivity index (χ1) is 22.0. The number of aliphatic hydroxyl groups excluding tert-OH is 2. The van der Waals surface area contributed by atoms with Crippen LogP contribution in [0.4, 0.5) is 5.82 Å². The van der Waals surface area contributed by atoms with Gasteiger partial charge in [0.1, 0.15) is 36.0 Å². The fraction of sp³-hybridized carbons (Fsp3) is 0.242. The minimum absolute atomic E-state index is 0.107. The predicted octanol–water partition coefficient (Wildman–Crippen LogP) is 3.76. The van der Waals surface area contributed by atoms with Crippen LogP contribution in [0.2, 0.25) is 0 Å². The predicted molar refractivity (Wildman–Crippen MR) is 168 cm³/mol. The Morgan fingerprint density at radius 3 is 2.64 bits per heavy atom. The Morgan fingerprint density at radius 1 is 1.04 bits per heavy atom. The summed E-state index contributed by atoms with van der Waals surface area (Å²) in [5.74, 6) is 0.471. The number of nitrogens with one attached hydrogen (secondary N) is 2. The summed E-state index contributed by atoms with van der Waals surface area (Å²) in [6.07, 6.45) is -0.170. The molecule has 1 amide bonds. The number of para-hydroxylation sites is 1. The number of fused-ring (bicyclic) bond motifs is 3. The van der Waals surface area contributed by atoms with Crippen LogP contribution in [0, 0.1) is 0 Å². The second kappa shape index (κ2) is 11.7. The summed E-state index contributed by atoms with van der Waals surface area (Å²) >= 11 is 0. The number of carbonyl (C=O) groups excluding carboxylic acids is 1. The molecule has 3 aromatic heterocycles. The van der Waals surface area contributed by atoms with Crippen molar-refractivity contribution in [2.24, 2.45) is 0 Å². The molecule has 1 saturated heterocycles. The molecular formula is C33H31N7O5. The zero-order valence-corrected chi connectivity index (χ0v) is 24.5. The van der Waals surface area contributed by atoms with Crippen molar-refractivity contribution >= 4 is 44.6 Å². The van der Waals surface area contributed by atoms with Gasteiger partial charge in [-0.05, 0) is 35.4 Å². The van der Waals surface area contributed by atoms with E-state index < -0.39 is 37.0 Å². The Labute approximate surface area is 257 Å². The monoisotopic (exact) mass is 605 g/mol. The average Bonchev–Trinajstić information content (AvgIpc) is 3.64. The van der Waals surface area contributed by atoms with Crippen molar-refractivity contribution in [2.45, 2.75) is 37.4 Å². The lowest BCUT2D eigenvalue weighted by atomic mass is 10.00. The highest BCUT2D eigenvalue weighted by molar-refractivity contribution is 5.97. The Morgan fingerprint density at radius 2 is 1.82 bits per heavy atom. The third-order valence-electron chi connectivity index (χ3n) is 8.25. The van der Waals surface area contributed by atoms with Crippen molar-refractivity contribution in [1.29, 1.82) is 0 Å². The third-order valence-corrected chi connectivity index (χ3v) is 8.25. The molecular weight excluding hydrogens is 574 g/mol. The summed E-state index contributed by atoms with van der Waals surface area (Å²) in [7, 11) is 1.53. The van der Waals surface area contributed by atoms with E-state index in [9.17, 15) is 15.0 Å². The first kappa shape index (κ1) is 28.6. The van der Waals surface area contributed by atoms with Crippen molar-refractivity contribution in [2.75, 3.05) is 19.0 Å². The molecule has 12 nitrogen and oxygen atoms in total. The van der Waals surface area contributed by atoms with Crippen LogP contribution in [0.25, 0.3) is 32.8 Å². The Kier molecular flexibility index (Phi) is 7.45. The van der Waals surface area contributed by atoms with Crippen LogP contribution in [0.5, 0.6) is 5.75 Å². The van der Waals surface area contributed by atoms with Gasteiger partial charge in [0.25, 0.3) is 5.91 Å². The lowest BCUT2D eigenvalue weighted by molar-refractivity contribution is -0.0440. The molecule has 4 N–H and O–H groups in total. The van der Waals surface area contributed by atoms with Crippen LogP contribution in [0.1, 0.15) is 35.2 Å². The molecule has 3 aromatic carbocycles. The summed E-state index contributed by atoms with van der Waals surface area (Å²) in [5.41, 5.74) is 2.72. The number of amides is 1. The largest absolute Gasteiger partial charge is 0.496 e. The molecule has 12 heteroatoms. The number of aliphatic hydroxyl groups is 2. The highest BCUT2D eigenvalue weighted by atomic mass is 16.5. The second-order valence-electron chi connectivity index (χ2n) is 10.9. The summed E-state index contributed by atoms with van der Waals surface area (Å²) in [5, 5.41) is 30.5. The maximum atomic E-state index is 13.5. The minimum Gasteiger partial charge on any atom is -0.496 e. The van der Waals surface area contributed by atoms with Crippen molar-refractivity contribution in [1.82, 2.24) is 29.8 Å². The van der Waals surface area contributed by atoms with Gasteiger partial charge in [-0.3, -0.25) is 9.36 Å². The number of anilines is 1. The van der Waals surface area contributed by atoms with E-state index in [1.165, 1.54) is 19.8 Å². The Bertz CT molecular complexity index is 2030. The van der Waals surface area contributed by atoms with Gasteiger partial charge in [0.15, 0.2) is 23.2 Å². The smallest absolute Gasteiger partial charge is 0.270 e. The first-order valence-electron chi connectivity index (χ1n) is 14.6. The topological polar surface area (TPSA) is 157 Å². The molecule has 1 aliphatic heterocycles. The van der Waals surface area contributed by atoms with E-state index >= 15 is 0 Å². The molecule has 0 bridgehead atoms. The second-order valence-corrected chi connectivity index (χ2v) is 10.9. The van der Waals surface area contributed by atoms with Crippen molar-refractivity contribution in [3.05, 3.63) is 96.7 Å². The molecule has 4 heterocycles. The number of nitrogens with zero attached hydrogens (tertiary/aromatic N) is 5. The maximum absolute atomic E-state index is 13.5. The lowest BCUT2D eigenvalue weighted by Gasteiger charge is -2.23. The molecule has 7 rings (SSSR count). The number of pyridine rings is 1. The van der Waals surface area contributed by atoms with Crippen LogP contribution in [-0.2, 0) is 4.74 Å². The van der Waals surface area contributed by atoms with Gasteiger partial charge >= 0.3 is 0 Å². The Hall–Kier alpha value is -5.17.